The second-order valence-electron chi connectivity index (χ2n) is 6.28. The molecule has 5 nitrogen and oxygen atoms in total. The number of hydrogen-bond donors (Lipinski definition) is 2. The molecule has 0 amide bonds. The fourth-order valence-electron chi connectivity index (χ4n) is 3.31. The van der Waals surface area contributed by atoms with Crippen molar-refractivity contribution in [2.24, 2.45) is 0 Å². The van der Waals surface area contributed by atoms with Gasteiger partial charge in [0.05, 0.1) is 23.7 Å². The quantitative estimate of drug-likeness (QED) is 0.774. The van der Waals surface area contributed by atoms with E-state index >= 15 is 0 Å². The van der Waals surface area contributed by atoms with E-state index in [1.54, 1.807) is 4.68 Å². The standard InChI is InChI=1S/C19H20N4O/c1-13-6-2-5-9-18(13)23-12-15(21-22-23)11-20-17-10-14-7-3-4-8-16(14)19(17)24/h2-9,12,17,19-20,24H,10-11H2,1H3. The second-order valence-corrected chi connectivity index (χ2v) is 6.28. The number of rotatable bonds is 4. The van der Waals surface area contributed by atoms with Crippen LogP contribution >= 0.6 is 0 Å². The van der Waals surface area contributed by atoms with Crippen molar-refractivity contribution < 1.29 is 5.11 Å². The SMILES string of the molecule is Cc1ccccc1-n1cc(CNC2Cc3ccccc3C2O)nn1. The highest BCUT2D eigenvalue weighted by Gasteiger charge is 2.30. The summed E-state index contributed by atoms with van der Waals surface area (Å²) in [5.74, 6) is 0. The minimum Gasteiger partial charge on any atom is -0.387 e. The molecular weight excluding hydrogens is 300 g/mol. The molecule has 5 heteroatoms. The van der Waals surface area contributed by atoms with Crippen molar-refractivity contribution in [2.75, 3.05) is 0 Å². The Hall–Kier alpha value is -2.50. The Morgan fingerprint density at radius 1 is 1.17 bits per heavy atom. The summed E-state index contributed by atoms with van der Waals surface area (Å²) >= 11 is 0. The molecule has 0 saturated heterocycles. The summed E-state index contributed by atoms with van der Waals surface area (Å²) in [6.45, 7) is 2.64. The number of aliphatic hydroxyl groups is 1. The first-order valence-corrected chi connectivity index (χ1v) is 8.19. The fourth-order valence-corrected chi connectivity index (χ4v) is 3.31. The van der Waals surface area contributed by atoms with Crippen molar-refractivity contribution in [3.8, 4) is 5.69 Å². The highest BCUT2D eigenvalue weighted by molar-refractivity contribution is 5.39. The van der Waals surface area contributed by atoms with E-state index in [2.05, 4.69) is 34.7 Å². The summed E-state index contributed by atoms with van der Waals surface area (Å²) in [6, 6.07) is 16.2. The summed E-state index contributed by atoms with van der Waals surface area (Å²) < 4.78 is 1.80. The van der Waals surface area contributed by atoms with Crippen molar-refractivity contribution in [1.29, 1.82) is 0 Å². The van der Waals surface area contributed by atoms with Gasteiger partial charge in [0.2, 0.25) is 0 Å². The Labute approximate surface area is 141 Å². The summed E-state index contributed by atoms with van der Waals surface area (Å²) in [4.78, 5) is 0. The molecule has 24 heavy (non-hydrogen) atoms. The zero-order chi connectivity index (χ0) is 16.5. The van der Waals surface area contributed by atoms with Crippen LogP contribution in [0.25, 0.3) is 5.69 Å². The Kier molecular flexibility index (Phi) is 3.88. The smallest absolute Gasteiger partial charge is 0.0969 e. The third kappa shape index (κ3) is 2.72. The Bertz CT molecular complexity index is 858. The lowest BCUT2D eigenvalue weighted by Crippen LogP contribution is -2.32. The molecule has 1 aliphatic carbocycles. The molecule has 0 saturated carbocycles. The van der Waals surface area contributed by atoms with E-state index in [1.807, 2.05) is 42.6 Å². The first kappa shape index (κ1) is 15.1. The fraction of sp³-hybridized carbons (Fsp3) is 0.263. The van der Waals surface area contributed by atoms with E-state index in [0.29, 0.717) is 6.54 Å². The molecule has 0 bridgehead atoms. The second kappa shape index (κ2) is 6.19. The number of nitrogens with zero attached hydrogens (tertiary/aromatic N) is 3. The number of aryl methyl sites for hydroxylation is 1. The lowest BCUT2D eigenvalue weighted by molar-refractivity contribution is 0.141. The van der Waals surface area contributed by atoms with Crippen LogP contribution in [0.4, 0.5) is 0 Å². The normalized spacial score (nSPS) is 19.4. The number of aliphatic hydroxyl groups excluding tert-OH is 1. The van der Waals surface area contributed by atoms with Crippen molar-refractivity contribution in [2.45, 2.75) is 32.0 Å². The summed E-state index contributed by atoms with van der Waals surface area (Å²) in [5.41, 5.74) is 5.29. The van der Waals surface area contributed by atoms with E-state index in [1.165, 1.54) is 5.56 Å². The Morgan fingerprint density at radius 3 is 2.79 bits per heavy atom. The van der Waals surface area contributed by atoms with Gasteiger partial charge in [-0.15, -0.1) is 5.10 Å². The van der Waals surface area contributed by atoms with Gasteiger partial charge in [0, 0.05) is 12.6 Å². The minimum atomic E-state index is -0.465. The number of aromatic nitrogens is 3. The summed E-state index contributed by atoms with van der Waals surface area (Å²) in [6.07, 6.45) is 2.31. The highest BCUT2D eigenvalue weighted by atomic mass is 16.3. The van der Waals surface area contributed by atoms with Crippen LogP contribution in [0.3, 0.4) is 0 Å². The largest absolute Gasteiger partial charge is 0.387 e. The maximum atomic E-state index is 10.4. The van der Waals surface area contributed by atoms with Crippen LogP contribution in [0.2, 0.25) is 0 Å². The van der Waals surface area contributed by atoms with E-state index in [-0.39, 0.29) is 6.04 Å². The highest BCUT2D eigenvalue weighted by Crippen LogP contribution is 2.31. The van der Waals surface area contributed by atoms with E-state index in [0.717, 1.165) is 28.9 Å². The van der Waals surface area contributed by atoms with Gasteiger partial charge in [-0.1, -0.05) is 47.7 Å². The van der Waals surface area contributed by atoms with Gasteiger partial charge in [-0.3, -0.25) is 0 Å². The number of hydrogen-bond acceptors (Lipinski definition) is 4. The van der Waals surface area contributed by atoms with Gasteiger partial charge < -0.3 is 10.4 Å². The van der Waals surface area contributed by atoms with Crippen LogP contribution < -0.4 is 5.32 Å². The van der Waals surface area contributed by atoms with Crippen LogP contribution in [0.5, 0.6) is 0 Å². The first-order valence-electron chi connectivity index (χ1n) is 8.19. The van der Waals surface area contributed by atoms with Gasteiger partial charge >= 0.3 is 0 Å². The number of para-hydroxylation sites is 1. The third-order valence-corrected chi connectivity index (χ3v) is 4.64. The summed E-state index contributed by atoms with van der Waals surface area (Å²) in [5, 5.41) is 22.3. The molecule has 1 aliphatic rings. The van der Waals surface area contributed by atoms with Crippen LogP contribution in [-0.4, -0.2) is 26.1 Å². The van der Waals surface area contributed by atoms with Gasteiger partial charge in [0.1, 0.15) is 0 Å². The predicted octanol–water partition coefficient (Wildman–Crippen LogP) is 2.32. The van der Waals surface area contributed by atoms with Crippen molar-refractivity contribution in [3.63, 3.8) is 0 Å². The molecule has 0 spiro atoms. The van der Waals surface area contributed by atoms with Crippen molar-refractivity contribution in [3.05, 3.63) is 77.1 Å². The van der Waals surface area contributed by atoms with Gasteiger partial charge in [-0.2, -0.15) is 0 Å². The van der Waals surface area contributed by atoms with Crippen molar-refractivity contribution >= 4 is 0 Å². The van der Waals surface area contributed by atoms with E-state index in [9.17, 15) is 5.11 Å². The Morgan fingerprint density at radius 2 is 1.96 bits per heavy atom. The maximum absolute atomic E-state index is 10.4. The summed E-state index contributed by atoms with van der Waals surface area (Å²) in [7, 11) is 0. The van der Waals surface area contributed by atoms with E-state index < -0.39 is 6.10 Å². The zero-order valence-electron chi connectivity index (χ0n) is 13.6. The predicted molar refractivity (Wildman–Crippen MR) is 91.8 cm³/mol. The van der Waals surface area contributed by atoms with E-state index in [4.69, 9.17) is 0 Å². The molecule has 0 radical (unpaired) electrons. The first-order chi connectivity index (χ1) is 11.7. The van der Waals surface area contributed by atoms with Gasteiger partial charge in [-0.25, -0.2) is 4.68 Å². The lowest BCUT2D eigenvalue weighted by atomic mass is 10.1. The Balaban J connectivity index is 1.44. The van der Waals surface area contributed by atoms with Gasteiger partial charge in [0.15, 0.2) is 0 Å². The molecule has 1 heterocycles. The maximum Gasteiger partial charge on any atom is 0.0969 e. The molecule has 1 aromatic heterocycles. The molecule has 2 aromatic carbocycles. The average Bonchev–Trinajstić information content (AvgIpc) is 3.19. The third-order valence-electron chi connectivity index (χ3n) is 4.64. The molecule has 3 aromatic rings. The number of nitrogens with one attached hydrogen (secondary N) is 1. The molecule has 122 valence electrons. The van der Waals surface area contributed by atoms with Crippen LogP contribution in [0.15, 0.2) is 54.7 Å². The molecule has 0 aliphatic heterocycles. The molecular formula is C19H20N4O. The number of benzene rings is 2. The molecule has 4 rings (SSSR count). The molecule has 2 unspecified atom stereocenters. The van der Waals surface area contributed by atoms with Gasteiger partial charge in [-0.05, 0) is 36.1 Å². The average molecular weight is 320 g/mol. The topological polar surface area (TPSA) is 63.0 Å². The van der Waals surface area contributed by atoms with Crippen molar-refractivity contribution in [1.82, 2.24) is 20.3 Å². The molecule has 0 fully saturated rings. The monoisotopic (exact) mass is 320 g/mol. The molecule has 2 N–H and O–H groups in total. The van der Waals surface area contributed by atoms with Crippen LogP contribution in [0, 0.1) is 6.92 Å². The van der Waals surface area contributed by atoms with Crippen LogP contribution in [0.1, 0.15) is 28.5 Å². The minimum absolute atomic E-state index is 0.0195. The molecule has 2 atom stereocenters. The lowest BCUT2D eigenvalue weighted by Gasteiger charge is -2.15. The zero-order valence-corrected chi connectivity index (χ0v) is 13.6. The van der Waals surface area contributed by atoms with Crippen LogP contribution in [-0.2, 0) is 13.0 Å². The number of fused-ring (bicyclic) bond motifs is 1. The van der Waals surface area contributed by atoms with Gasteiger partial charge in [0.25, 0.3) is 0 Å².